The van der Waals surface area contributed by atoms with Crippen molar-refractivity contribution in [1.82, 2.24) is 15.0 Å². The number of nitrogen functional groups attached to an aromatic ring is 1. The van der Waals surface area contributed by atoms with E-state index in [-0.39, 0.29) is 0 Å². The molecule has 0 radical (unpaired) electrons. The summed E-state index contributed by atoms with van der Waals surface area (Å²) in [5, 5.41) is 4.30. The zero-order valence-corrected chi connectivity index (χ0v) is 11.9. The van der Waals surface area contributed by atoms with Crippen LogP contribution in [0.2, 0.25) is 0 Å². The average Bonchev–Trinajstić information content (AvgIpc) is 2.49. The molecule has 1 aromatic carbocycles. The monoisotopic (exact) mass is 280 g/mol. The van der Waals surface area contributed by atoms with Crippen LogP contribution in [-0.2, 0) is 0 Å². The Labute approximate surface area is 122 Å². The van der Waals surface area contributed by atoms with Gasteiger partial charge >= 0.3 is 0 Å². The van der Waals surface area contributed by atoms with Gasteiger partial charge in [0.2, 0.25) is 0 Å². The molecule has 0 amide bonds. The first-order valence-electron chi connectivity index (χ1n) is 6.55. The summed E-state index contributed by atoms with van der Waals surface area (Å²) in [6.45, 7) is 0. The minimum Gasteiger partial charge on any atom is -0.393 e. The van der Waals surface area contributed by atoms with E-state index in [2.05, 4.69) is 20.3 Å². The predicted octanol–water partition coefficient (Wildman–Crippen LogP) is 2.42. The average molecular weight is 280 g/mol. The number of hydrogen-bond donors (Lipinski definition) is 2. The SMILES string of the molecule is CN(C)c1ncnc(Nc2cccc3cccnc23)c1N. The first kappa shape index (κ1) is 13.1. The fraction of sp³-hybridized carbons (Fsp3) is 0.133. The second-order valence-electron chi connectivity index (χ2n) is 4.86. The highest BCUT2D eigenvalue weighted by atomic mass is 15.2. The van der Waals surface area contributed by atoms with Crippen molar-refractivity contribution in [3.8, 4) is 0 Å². The molecule has 2 aromatic heterocycles. The predicted molar refractivity (Wildman–Crippen MR) is 85.8 cm³/mol. The smallest absolute Gasteiger partial charge is 0.159 e. The number of rotatable bonds is 3. The minimum atomic E-state index is 0.510. The fourth-order valence-electron chi connectivity index (χ4n) is 2.17. The molecule has 3 aromatic rings. The molecule has 0 spiro atoms. The molecule has 2 heterocycles. The van der Waals surface area contributed by atoms with Gasteiger partial charge in [-0.15, -0.1) is 0 Å². The van der Waals surface area contributed by atoms with Crippen LogP contribution in [0.4, 0.5) is 23.0 Å². The van der Waals surface area contributed by atoms with E-state index >= 15 is 0 Å². The maximum absolute atomic E-state index is 6.13. The lowest BCUT2D eigenvalue weighted by atomic mass is 10.2. The first-order chi connectivity index (χ1) is 10.2. The molecular weight excluding hydrogens is 264 g/mol. The number of nitrogens with zero attached hydrogens (tertiary/aromatic N) is 4. The molecule has 21 heavy (non-hydrogen) atoms. The molecule has 0 aliphatic heterocycles. The van der Waals surface area contributed by atoms with Crippen LogP contribution < -0.4 is 16.0 Å². The van der Waals surface area contributed by atoms with E-state index in [9.17, 15) is 0 Å². The topological polar surface area (TPSA) is 80.0 Å². The highest BCUT2D eigenvalue weighted by Gasteiger charge is 2.11. The van der Waals surface area contributed by atoms with Crippen molar-refractivity contribution in [2.24, 2.45) is 0 Å². The Morgan fingerprint density at radius 3 is 2.67 bits per heavy atom. The Morgan fingerprint density at radius 1 is 1.05 bits per heavy atom. The van der Waals surface area contributed by atoms with Crippen molar-refractivity contribution in [2.45, 2.75) is 0 Å². The van der Waals surface area contributed by atoms with Crippen molar-refractivity contribution in [2.75, 3.05) is 30.0 Å². The number of fused-ring (bicyclic) bond motifs is 1. The van der Waals surface area contributed by atoms with Crippen LogP contribution in [0.25, 0.3) is 10.9 Å². The van der Waals surface area contributed by atoms with Gasteiger partial charge in [-0.05, 0) is 12.1 Å². The summed E-state index contributed by atoms with van der Waals surface area (Å²) in [5.74, 6) is 1.26. The Balaban J connectivity index is 2.05. The molecule has 0 bridgehead atoms. The molecule has 6 nitrogen and oxygen atoms in total. The number of benzene rings is 1. The van der Waals surface area contributed by atoms with Crippen LogP contribution >= 0.6 is 0 Å². The summed E-state index contributed by atoms with van der Waals surface area (Å²) in [4.78, 5) is 14.7. The van der Waals surface area contributed by atoms with E-state index in [1.54, 1.807) is 6.20 Å². The van der Waals surface area contributed by atoms with Gasteiger partial charge < -0.3 is 16.0 Å². The molecule has 0 atom stereocenters. The van der Waals surface area contributed by atoms with Gasteiger partial charge in [-0.1, -0.05) is 18.2 Å². The van der Waals surface area contributed by atoms with E-state index in [1.807, 2.05) is 49.3 Å². The van der Waals surface area contributed by atoms with E-state index in [0.717, 1.165) is 16.6 Å². The molecule has 0 aliphatic rings. The van der Waals surface area contributed by atoms with E-state index < -0.39 is 0 Å². The summed E-state index contributed by atoms with van der Waals surface area (Å²) in [7, 11) is 3.78. The second kappa shape index (κ2) is 5.24. The Morgan fingerprint density at radius 2 is 1.86 bits per heavy atom. The first-order valence-corrected chi connectivity index (χ1v) is 6.55. The number of anilines is 4. The lowest BCUT2D eigenvalue weighted by molar-refractivity contribution is 1.04. The maximum atomic E-state index is 6.13. The fourth-order valence-corrected chi connectivity index (χ4v) is 2.17. The summed E-state index contributed by atoms with van der Waals surface area (Å²) >= 11 is 0. The molecular formula is C15H16N6. The van der Waals surface area contributed by atoms with Gasteiger partial charge in [0.15, 0.2) is 11.6 Å². The molecule has 0 aliphatic carbocycles. The normalized spacial score (nSPS) is 10.6. The van der Waals surface area contributed by atoms with E-state index in [1.165, 1.54) is 6.33 Å². The minimum absolute atomic E-state index is 0.510. The number of pyridine rings is 1. The Kier molecular flexibility index (Phi) is 3.27. The molecule has 0 saturated carbocycles. The van der Waals surface area contributed by atoms with Gasteiger partial charge in [-0.2, -0.15) is 0 Å². The van der Waals surface area contributed by atoms with Crippen LogP contribution in [0.5, 0.6) is 0 Å². The van der Waals surface area contributed by atoms with Crippen LogP contribution in [-0.4, -0.2) is 29.0 Å². The van der Waals surface area contributed by atoms with Crippen LogP contribution in [0.1, 0.15) is 0 Å². The van der Waals surface area contributed by atoms with Gasteiger partial charge in [0, 0.05) is 25.7 Å². The Hall–Kier alpha value is -2.89. The van der Waals surface area contributed by atoms with Gasteiger partial charge in [0.05, 0.1) is 11.2 Å². The van der Waals surface area contributed by atoms with Crippen molar-refractivity contribution in [1.29, 1.82) is 0 Å². The molecule has 0 unspecified atom stereocenters. The molecule has 0 saturated heterocycles. The van der Waals surface area contributed by atoms with Crippen LogP contribution in [0.15, 0.2) is 42.9 Å². The number of nitrogens with two attached hydrogens (primary N) is 1. The molecule has 6 heteroatoms. The van der Waals surface area contributed by atoms with Crippen molar-refractivity contribution >= 4 is 33.9 Å². The third kappa shape index (κ3) is 2.43. The zero-order valence-electron chi connectivity index (χ0n) is 11.9. The second-order valence-corrected chi connectivity index (χ2v) is 4.86. The number of para-hydroxylation sites is 1. The highest BCUT2D eigenvalue weighted by Crippen LogP contribution is 2.29. The standard InChI is InChI=1S/C15H16N6/c1-21(2)15-12(16)14(18-9-19-15)20-11-7-3-5-10-6-4-8-17-13(10)11/h3-9H,16H2,1-2H3,(H,18,19,20). The van der Waals surface area contributed by atoms with Crippen molar-refractivity contribution in [3.63, 3.8) is 0 Å². The number of hydrogen-bond acceptors (Lipinski definition) is 6. The van der Waals surface area contributed by atoms with Crippen LogP contribution in [0, 0.1) is 0 Å². The Bertz CT molecular complexity index is 779. The summed E-state index contributed by atoms with van der Waals surface area (Å²) in [6.07, 6.45) is 3.26. The van der Waals surface area contributed by atoms with E-state index in [0.29, 0.717) is 17.3 Å². The van der Waals surface area contributed by atoms with E-state index in [4.69, 9.17) is 5.73 Å². The summed E-state index contributed by atoms with van der Waals surface area (Å²) < 4.78 is 0. The van der Waals surface area contributed by atoms with Gasteiger partial charge in [-0.25, -0.2) is 9.97 Å². The van der Waals surface area contributed by atoms with Gasteiger partial charge in [0.1, 0.15) is 12.0 Å². The summed E-state index contributed by atoms with van der Waals surface area (Å²) in [5.41, 5.74) is 8.38. The van der Waals surface area contributed by atoms with Crippen molar-refractivity contribution < 1.29 is 0 Å². The van der Waals surface area contributed by atoms with Gasteiger partial charge in [0.25, 0.3) is 0 Å². The highest BCUT2D eigenvalue weighted by molar-refractivity contribution is 5.93. The van der Waals surface area contributed by atoms with Crippen LogP contribution in [0.3, 0.4) is 0 Å². The maximum Gasteiger partial charge on any atom is 0.159 e. The van der Waals surface area contributed by atoms with Gasteiger partial charge in [-0.3, -0.25) is 4.98 Å². The number of aromatic nitrogens is 3. The lowest BCUT2D eigenvalue weighted by Gasteiger charge is -2.16. The third-order valence-electron chi connectivity index (χ3n) is 3.17. The molecule has 106 valence electrons. The third-order valence-corrected chi connectivity index (χ3v) is 3.17. The molecule has 3 N–H and O–H groups in total. The number of nitrogens with one attached hydrogen (secondary N) is 1. The molecule has 0 fully saturated rings. The largest absolute Gasteiger partial charge is 0.393 e. The summed E-state index contributed by atoms with van der Waals surface area (Å²) in [6, 6.07) is 9.86. The quantitative estimate of drug-likeness (QED) is 0.767. The van der Waals surface area contributed by atoms with Crippen molar-refractivity contribution in [3.05, 3.63) is 42.9 Å². The zero-order chi connectivity index (χ0) is 14.8. The lowest BCUT2D eigenvalue weighted by Crippen LogP contribution is -2.14. The molecule has 3 rings (SSSR count).